The third kappa shape index (κ3) is 3.17. The van der Waals surface area contributed by atoms with Crippen molar-refractivity contribution >= 4 is 34.4 Å². The molecule has 1 heterocycles. The van der Waals surface area contributed by atoms with E-state index in [1.165, 1.54) is 17.7 Å². The van der Waals surface area contributed by atoms with Gasteiger partial charge in [-0.3, -0.25) is 14.2 Å². The van der Waals surface area contributed by atoms with Crippen molar-refractivity contribution in [2.45, 2.75) is 19.8 Å². The zero-order chi connectivity index (χ0) is 19.9. The van der Waals surface area contributed by atoms with Gasteiger partial charge in [0, 0.05) is 27.7 Å². The van der Waals surface area contributed by atoms with Crippen LogP contribution < -0.4 is 0 Å². The molecule has 0 bridgehead atoms. The first-order chi connectivity index (χ1) is 12.8. The molecule has 3 aromatic rings. The Morgan fingerprint density at radius 1 is 1.22 bits per heavy atom. The SMILES string of the molecule is COC(=O)C(C)c1c(C)n(C(=O)c2ccc(Cl)cc2)c2cc(F)c(O)cc12. The minimum Gasteiger partial charge on any atom is -0.505 e. The highest BCUT2D eigenvalue weighted by Crippen LogP contribution is 2.36. The largest absolute Gasteiger partial charge is 0.505 e. The topological polar surface area (TPSA) is 68.5 Å². The van der Waals surface area contributed by atoms with Gasteiger partial charge in [0.2, 0.25) is 0 Å². The molecule has 1 aromatic heterocycles. The number of methoxy groups -OCH3 is 1. The summed E-state index contributed by atoms with van der Waals surface area (Å²) in [6, 6.07) is 8.60. The van der Waals surface area contributed by atoms with E-state index in [0.717, 1.165) is 6.07 Å². The van der Waals surface area contributed by atoms with Crippen molar-refractivity contribution in [1.82, 2.24) is 4.57 Å². The molecular formula is C20H17ClFNO4. The Kier molecular flexibility index (Phi) is 4.93. The lowest BCUT2D eigenvalue weighted by molar-refractivity contribution is -0.141. The lowest BCUT2D eigenvalue weighted by Crippen LogP contribution is -2.16. The molecule has 0 spiro atoms. The van der Waals surface area contributed by atoms with E-state index in [1.54, 1.807) is 38.1 Å². The monoisotopic (exact) mass is 389 g/mol. The molecule has 27 heavy (non-hydrogen) atoms. The lowest BCUT2D eigenvalue weighted by Gasteiger charge is -2.11. The maximum atomic E-state index is 14.0. The maximum absolute atomic E-state index is 14.0. The van der Waals surface area contributed by atoms with Crippen molar-refractivity contribution in [3.63, 3.8) is 0 Å². The van der Waals surface area contributed by atoms with Crippen molar-refractivity contribution in [1.29, 1.82) is 0 Å². The van der Waals surface area contributed by atoms with E-state index in [2.05, 4.69) is 0 Å². The summed E-state index contributed by atoms with van der Waals surface area (Å²) < 4.78 is 20.2. The zero-order valence-corrected chi connectivity index (χ0v) is 15.7. The fourth-order valence-electron chi connectivity index (χ4n) is 3.27. The van der Waals surface area contributed by atoms with Crippen LogP contribution in [-0.2, 0) is 9.53 Å². The van der Waals surface area contributed by atoms with Gasteiger partial charge in [-0.2, -0.15) is 0 Å². The predicted molar refractivity (Wildman–Crippen MR) is 99.9 cm³/mol. The van der Waals surface area contributed by atoms with Crippen LogP contribution in [0.25, 0.3) is 10.9 Å². The van der Waals surface area contributed by atoms with Crippen LogP contribution in [-0.4, -0.2) is 28.7 Å². The van der Waals surface area contributed by atoms with Crippen LogP contribution in [0.4, 0.5) is 4.39 Å². The smallest absolute Gasteiger partial charge is 0.312 e. The number of hydrogen-bond acceptors (Lipinski definition) is 4. The Morgan fingerprint density at radius 2 is 1.85 bits per heavy atom. The van der Waals surface area contributed by atoms with Gasteiger partial charge in [-0.05, 0) is 49.7 Å². The molecule has 1 unspecified atom stereocenters. The molecule has 5 nitrogen and oxygen atoms in total. The highest BCUT2D eigenvalue weighted by molar-refractivity contribution is 6.30. The number of esters is 1. The van der Waals surface area contributed by atoms with E-state index in [-0.39, 0.29) is 5.52 Å². The summed E-state index contributed by atoms with van der Waals surface area (Å²) in [5, 5.41) is 10.7. The van der Waals surface area contributed by atoms with Crippen molar-refractivity contribution in [3.05, 3.63) is 64.1 Å². The van der Waals surface area contributed by atoms with E-state index in [9.17, 15) is 19.1 Å². The average Bonchev–Trinajstić information content (AvgIpc) is 2.91. The number of aromatic nitrogens is 1. The molecule has 0 aliphatic carbocycles. The number of aromatic hydroxyl groups is 1. The summed E-state index contributed by atoms with van der Waals surface area (Å²) in [6.45, 7) is 3.29. The standard InChI is InChI=1S/C20H17ClFNO4/c1-10(20(26)27-3)18-11(2)23(16-9-15(22)17(24)8-14(16)18)19(25)12-4-6-13(21)7-5-12/h4-10,24H,1-3H3. The number of fused-ring (bicyclic) bond motifs is 1. The van der Waals surface area contributed by atoms with Crippen LogP contribution in [0.2, 0.25) is 5.02 Å². The molecule has 0 saturated heterocycles. The summed E-state index contributed by atoms with van der Waals surface area (Å²) >= 11 is 5.88. The molecule has 0 fully saturated rings. The lowest BCUT2D eigenvalue weighted by atomic mass is 9.98. The summed E-state index contributed by atoms with van der Waals surface area (Å²) in [6.07, 6.45) is 0. The molecule has 1 atom stereocenters. The molecule has 0 aliphatic heterocycles. The Hall–Kier alpha value is -2.86. The molecule has 0 saturated carbocycles. The van der Waals surface area contributed by atoms with E-state index < -0.39 is 29.4 Å². The average molecular weight is 390 g/mol. The Bertz CT molecular complexity index is 1060. The second-order valence-electron chi connectivity index (χ2n) is 6.21. The molecule has 0 amide bonds. The van der Waals surface area contributed by atoms with Crippen molar-refractivity contribution < 1.29 is 23.8 Å². The van der Waals surface area contributed by atoms with Gasteiger partial charge in [0.1, 0.15) is 0 Å². The van der Waals surface area contributed by atoms with Gasteiger partial charge >= 0.3 is 5.97 Å². The molecule has 3 rings (SSSR count). The van der Waals surface area contributed by atoms with Crippen LogP contribution in [0.15, 0.2) is 36.4 Å². The van der Waals surface area contributed by atoms with Gasteiger partial charge in [-0.15, -0.1) is 0 Å². The van der Waals surface area contributed by atoms with E-state index in [0.29, 0.717) is 27.2 Å². The van der Waals surface area contributed by atoms with Crippen LogP contribution >= 0.6 is 11.6 Å². The number of carbonyl (C=O) groups is 2. The van der Waals surface area contributed by atoms with Gasteiger partial charge in [-0.1, -0.05) is 11.6 Å². The van der Waals surface area contributed by atoms with Crippen LogP contribution in [0.3, 0.4) is 0 Å². The molecule has 0 aliphatic rings. The minimum absolute atomic E-state index is 0.258. The summed E-state index contributed by atoms with van der Waals surface area (Å²) in [5.41, 5.74) is 1.57. The Labute approximate surface area is 159 Å². The first kappa shape index (κ1) is 18.9. The molecule has 7 heteroatoms. The molecule has 2 aromatic carbocycles. The molecule has 0 radical (unpaired) electrons. The third-order valence-electron chi connectivity index (χ3n) is 4.60. The first-order valence-corrected chi connectivity index (χ1v) is 8.55. The van der Waals surface area contributed by atoms with Crippen molar-refractivity contribution in [3.8, 4) is 5.75 Å². The summed E-state index contributed by atoms with van der Waals surface area (Å²) in [7, 11) is 1.27. The predicted octanol–water partition coefficient (Wildman–Crippen LogP) is 4.41. The number of benzene rings is 2. The third-order valence-corrected chi connectivity index (χ3v) is 4.86. The van der Waals surface area contributed by atoms with Gasteiger partial charge in [0.15, 0.2) is 11.6 Å². The zero-order valence-electron chi connectivity index (χ0n) is 14.9. The van der Waals surface area contributed by atoms with E-state index in [1.807, 2.05) is 0 Å². The Morgan fingerprint density at radius 3 is 2.44 bits per heavy atom. The van der Waals surface area contributed by atoms with Gasteiger partial charge in [-0.25, -0.2) is 4.39 Å². The second-order valence-corrected chi connectivity index (χ2v) is 6.65. The van der Waals surface area contributed by atoms with Crippen molar-refractivity contribution in [2.24, 2.45) is 0 Å². The number of ether oxygens (including phenoxy) is 1. The molecule has 140 valence electrons. The fraction of sp³-hybridized carbons (Fsp3) is 0.200. The van der Waals surface area contributed by atoms with Crippen molar-refractivity contribution in [2.75, 3.05) is 7.11 Å². The second kappa shape index (κ2) is 7.04. The molecule has 1 N–H and O–H groups in total. The number of rotatable bonds is 3. The number of phenolic OH excluding ortho intramolecular Hbond substituents is 1. The minimum atomic E-state index is -0.859. The quantitative estimate of drug-likeness (QED) is 0.673. The van der Waals surface area contributed by atoms with Gasteiger partial charge in [0.05, 0.1) is 18.5 Å². The van der Waals surface area contributed by atoms with Gasteiger partial charge < -0.3 is 9.84 Å². The first-order valence-electron chi connectivity index (χ1n) is 8.17. The number of nitrogens with zero attached hydrogens (tertiary/aromatic N) is 1. The van der Waals surface area contributed by atoms with E-state index in [4.69, 9.17) is 16.3 Å². The normalized spacial score (nSPS) is 12.2. The highest BCUT2D eigenvalue weighted by atomic mass is 35.5. The number of phenols is 1. The van der Waals surface area contributed by atoms with Crippen LogP contribution in [0.1, 0.15) is 34.5 Å². The number of hydrogen-bond donors (Lipinski definition) is 1. The Balaban J connectivity index is 2.30. The van der Waals surface area contributed by atoms with Gasteiger partial charge in [0.25, 0.3) is 5.91 Å². The van der Waals surface area contributed by atoms with Crippen LogP contribution in [0, 0.1) is 12.7 Å². The highest BCUT2D eigenvalue weighted by Gasteiger charge is 2.28. The molecular weight excluding hydrogens is 373 g/mol. The number of carbonyl (C=O) groups excluding carboxylic acids is 2. The van der Waals surface area contributed by atoms with E-state index >= 15 is 0 Å². The maximum Gasteiger partial charge on any atom is 0.312 e. The number of halogens is 2. The summed E-state index contributed by atoms with van der Waals surface area (Å²) in [4.78, 5) is 25.2. The fourth-order valence-corrected chi connectivity index (χ4v) is 3.40. The summed E-state index contributed by atoms with van der Waals surface area (Å²) in [5.74, 6) is -3.02. The van der Waals surface area contributed by atoms with Crippen LogP contribution in [0.5, 0.6) is 5.75 Å².